The molecule has 4 aromatic rings. The number of nitrogens with one attached hydrogen (secondary N) is 1. The largest absolute Gasteiger partial charge is 0.497 e. The summed E-state index contributed by atoms with van der Waals surface area (Å²) in [6.45, 7) is 0. The molecule has 0 bridgehead atoms. The zero-order valence-corrected chi connectivity index (χ0v) is 19.8. The summed E-state index contributed by atoms with van der Waals surface area (Å²) >= 11 is 1.29. The van der Waals surface area contributed by atoms with Crippen LogP contribution < -0.4 is 19.5 Å². The second-order valence-electron chi connectivity index (χ2n) is 7.08. The van der Waals surface area contributed by atoms with Crippen LogP contribution in [-0.2, 0) is 4.79 Å². The Morgan fingerprint density at radius 2 is 1.53 bits per heavy atom. The van der Waals surface area contributed by atoms with Crippen LogP contribution in [0.25, 0.3) is 17.1 Å². The van der Waals surface area contributed by atoms with Crippen molar-refractivity contribution in [3.05, 3.63) is 72.8 Å². The molecule has 0 saturated carbocycles. The van der Waals surface area contributed by atoms with Crippen molar-refractivity contribution >= 4 is 23.4 Å². The van der Waals surface area contributed by atoms with E-state index in [1.165, 1.54) is 11.8 Å². The van der Waals surface area contributed by atoms with Gasteiger partial charge in [-0.3, -0.25) is 9.36 Å². The molecule has 0 atom stereocenters. The molecule has 8 nitrogen and oxygen atoms in total. The first-order chi connectivity index (χ1) is 16.6. The second kappa shape index (κ2) is 10.8. The van der Waals surface area contributed by atoms with Gasteiger partial charge in [-0.2, -0.15) is 0 Å². The molecule has 0 aliphatic carbocycles. The Labute approximate surface area is 201 Å². The molecule has 4 rings (SSSR count). The number of carbonyl (C=O) groups excluding carboxylic acids is 1. The molecular weight excluding hydrogens is 452 g/mol. The summed E-state index contributed by atoms with van der Waals surface area (Å²) < 4.78 is 18.0. The minimum absolute atomic E-state index is 0.137. The summed E-state index contributed by atoms with van der Waals surface area (Å²) in [5, 5.41) is 12.3. The normalized spacial score (nSPS) is 10.6. The number of nitrogens with zero attached hydrogens (tertiary/aromatic N) is 3. The number of carbonyl (C=O) groups is 1. The first-order valence-corrected chi connectivity index (χ1v) is 11.4. The smallest absolute Gasteiger partial charge is 0.234 e. The molecule has 0 radical (unpaired) electrons. The number of benzene rings is 3. The van der Waals surface area contributed by atoms with Crippen LogP contribution in [0, 0.1) is 0 Å². The van der Waals surface area contributed by atoms with Crippen LogP contribution >= 0.6 is 11.8 Å². The molecule has 1 heterocycles. The molecule has 1 aromatic heterocycles. The van der Waals surface area contributed by atoms with Gasteiger partial charge in [-0.25, -0.2) is 0 Å². The molecule has 0 aliphatic rings. The number of hydrogen-bond donors (Lipinski definition) is 1. The van der Waals surface area contributed by atoms with Gasteiger partial charge in [-0.1, -0.05) is 36.0 Å². The van der Waals surface area contributed by atoms with E-state index >= 15 is 0 Å². The Balaban J connectivity index is 1.64. The lowest BCUT2D eigenvalue weighted by molar-refractivity contribution is -0.113. The Morgan fingerprint density at radius 1 is 0.853 bits per heavy atom. The number of amides is 1. The average Bonchev–Trinajstić information content (AvgIpc) is 3.31. The molecule has 1 amide bonds. The van der Waals surface area contributed by atoms with Crippen molar-refractivity contribution in [2.45, 2.75) is 5.16 Å². The van der Waals surface area contributed by atoms with Crippen molar-refractivity contribution in [2.24, 2.45) is 0 Å². The molecule has 0 unspecified atom stereocenters. The van der Waals surface area contributed by atoms with Crippen LogP contribution in [0.5, 0.6) is 17.2 Å². The third-order valence-corrected chi connectivity index (χ3v) is 5.95. The number of hydrogen-bond acceptors (Lipinski definition) is 7. The monoisotopic (exact) mass is 476 g/mol. The lowest BCUT2D eigenvalue weighted by Crippen LogP contribution is -2.15. The van der Waals surface area contributed by atoms with E-state index in [1.807, 2.05) is 65.2 Å². The number of methoxy groups -OCH3 is 3. The van der Waals surface area contributed by atoms with Crippen LogP contribution in [0.3, 0.4) is 0 Å². The maximum absolute atomic E-state index is 12.7. The van der Waals surface area contributed by atoms with Crippen LogP contribution in [0.15, 0.2) is 78.0 Å². The highest BCUT2D eigenvalue weighted by Crippen LogP contribution is 2.34. The molecule has 0 saturated heterocycles. The van der Waals surface area contributed by atoms with E-state index in [4.69, 9.17) is 14.2 Å². The van der Waals surface area contributed by atoms with Gasteiger partial charge >= 0.3 is 0 Å². The number of rotatable bonds is 9. The van der Waals surface area contributed by atoms with Gasteiger partial charge in [0, 0.05) is 0 Å². The van der Waals surface area contributed by atoms with Gasteiger partial charge in [-0.15, -0.1) is 10.2 Å². The average molecular weight is 477 g/mol. The van der Waals surface area contributed by atoms with Gasteiger partial charge in [0.1, 0.15) is 17.2 Å². The zero-order valence-electron chi connectivity index (χ0n) is 19.0. The van der Waals surface area contributed by atoms with Crippen molar-refractivity contribution in [1.29, 1.82) is 0 Å². The van der Waals surface area contributed by atoms with Gasteiger partial charge in [-0.05, 0) is 48.5 Å². The SMILES string of the molecule is COc1ccc(-n2c(SCC(=O)Nc3ccccc3OC)nnc2-c2ccccc2OC)cc1. The Morgan fingerprint density at radius 3 is 2.24 bits per heavy atom. The Hall–Kier alpha value is -3.98. The van der Waals surface area contributed by atoms with Gasteiger partial charge in [0.15, 0.2) is 11.0 Å². The number of para-hydroxylation sites is 3. The topological polar surface area (TPSA) is 87.5 Å². The highest BCUT2D eigenvalue weighted by atomic mass is 32.2. The molecule has 0 spiro atoms. The van der Waals surface area contributed by atoms with Gasteiger partial charge < -0.3 is 19.5 Å². The fraction of sp³-hybridized carbons (Fsp3) is 0.160. The molecule has 0 fully saturated rings. The van der Waals surface area contributed by atoms with Crippen LogP contribution in [-0.4, -0.2) is 47.8 Å². The first kappa shape index (κ1) is 23.2. The summed E-state index contributed by atoms with van der Waals surface area (Å²) in [6.07, 6.45) is 0. The lowest BCUT2D eigenvalue weighted by atomic mass is 10.2. The Bertz CT molecular complexity index is 1270. The Kier molecular flexibility index (Phi) is 7.34. The van der Waals surface area contributed by atoms with Crippen molar-refractivity contribution in [2.75, 3.05) is 32.4 Å². The van der Waals surface area contributed by atoms with Gasteiger partial charge in [0.2, 0.25) is 5.91 Å². The number of aromatic nitrogens is 3. The van der Waals surface area contributed by atoms with Crippen LogP contribution in [0.4, 0.5) is 5.69 Å². The summed E-state index contributed by atoms with van der Waals surface area (Å²) in [4.78, 5) is 12.7. The quantitative estimate of drug-likeness (QED) is 0.351. The highest BCUT2D eigenvalue weighted by Gasteiger charge is 2.20. The fourth-order valence-corrected chi connectivity index (χ4v) is 4.15. The standard InChI is InChI=1S/C25H24N4O4S/c1-31-18-14-12-17(13-15-18)29-24(19-8-4-6-10-21(19)32-2)27-28-25(29)34-16-23(30)26-20-9-5-7-11-22(20)33-3/h4-15H,16H2,1-3H3,(H,26,30). The van der Waals surface area contributed by atoms with Crippen molar-refractivity contribution in [1.82, 2.24) is 14.8 Å². The predicted octanol–water partition coefficient (Wildman–Crippen LogP) is 4.69. The molecular formula is C25H24N4O4S. The third kappa shape index (κ3) is 4.99. The van der Waals surface area contributed by atoms with Crippen molar-refractivity contribution < 1.29 is 19.0 Å². The summed E-state index contributed by atoms with van der Waals surface area (Å²) in [5.41, 5.74) is 2.24. The maximum Gasteiger partial charge on any atom is 0.234 e. The third-order valence-electron chi connectivity index (χ3n) is 5.03. The molecule has 174 valence electrons. The van der Waals surface area contributed by atoms with E-state index in [2.05, 4.69) is 15.5 Å². The zero-order chi connectivity index (χ0) is 23.9. The predicted molar refractivity (Wildman–Crippen MR) is 132 cm³/mol. The minimum Gasteiger partial charge on any atom is -0.497 e. The van der Waals surface area contributed by atoms with E-state index < -0.39 is 0 Å². The number of thioether (sulfide) groups is 1. The maximum atomic E-state index is 12.7. The van der Waals surface area contributed by atoms with E-state index in [-0.39, 0.29) is 11.7 Å². The summed E-state index contributed by atoms with van der Waals surface area (Å²) in [5.74, 6) is 2.57. The van der Waals surface area contributed by atoms with E-state index in [9.17, 15) is 4.79 Å². The van der Waals surface area contributed by atoms with Gasteiger partial charge in [0.25, 0.3) is 0 Å². The lowest BCUT2D eigenvalue weighted by Gasteiger charge is -2.13. The van der Waals surface area contributed by atoms with Crippen molar-refractivity contribution in [3.8, 4) is 34.3 Å². The van der Waals surface area contributed by atoms with E-state index in [1.54, 1.807) is 33.5 Å². The first-order valence-electron chi connectivity index (χ1n) is 10.4. The molecule has 9 heteroatoms. The number of ether oxygens (including phenoxy) is 3. The molecule has 1 N–H and O–H groups in total. The highest BCUT2D eigenvalue weighted by molar-refractivity contribution is 7.99. The van der Waals surface area contributed by atoms with E-state index in [0.717, 1.165) is 17.0 Å². The fourth-order valence-electron chi connectivity index (χ4n) is 3.40. The number of anilines is 1. The van der Waals surface area contributed by atoms with Crippen LogP contribution in [0.2, 0.25) is 0 Å². The van der Waals surface area contributed by atoms with E-state index in [0.29, 0.717) is 28.2 Å². The second-order valence-corrected chi connectivity index (χ2v) is 8.02. The molecule has 34 heavy (non-hydrogen) atoms. The summed E-state index contributed by atoms with van der Waals surface area (Å²) in [7, 11) is 4.80. The van der Waals surface area contributed by atoms with Crippen LogP contribution in [0.1, 0.15) is 0 Å². The molecule has 0 aliphatic heterocycles. The van der Waals surface area contributed by atoms with Gasteiger partial charge in [0.05, 0.1) is 44.0 Å². The molecule has 3 aromatic carbocycles. The van der Waals surface area contributed by atoms with Crippen molar-refractivity contribution in [3.63, 3.8) is 0 Å². The summed E-state index contributed by atoms with van der Waals surface area (Å²) in [6, 6.07) is 22.4. The minimum atomic E-state index is -0.183.